The van der Waals surface area contributed by atoms with Gasteiger partial charge >= 0.3 is 5.97 Å². The van der Waals surface area contributed by atoms with Gasteiger partial charge in [-0.25, -0.2) is 4.79 Å². The summed E-state index contributed by atoms with van der Waals surface area (Å²) in [6.07, 6.45) is 5.49. The van der Waals surface area contributed by atoms with E-state index >= 15 is 0 Å². The molecule has 0 saturated heterocycles. The number of carbonyl (C=O) groups excluding carboxylic acids is 2. The molecule has 2 aliphatic carbocycles. The lowest BCUT2D eigenvalue weighted by molar-refractivity contribution is -0.384. The van der Waals surface area contributed by atoms with E-state index in [9.17, 15) is 19.7 Å². The summed E-state index contributed by atoms with van der Waals surface area (Å²) in [5, 5.41) is 14.7. The second-order valence-electron chi connectivity index (χ2n) is 10.6. The molecule has 40 heavy (non-hydrogen) atoms. The van der Waals surface area contributed by atoms with Crippen molar-refractivity contribution in [2.45, 2.75) is 69.8 Å². The fourth-order valence-corrected chi connectivity index (χ4v) is 6.17. The standard InChI is InChI=1S/C31H34N2O7/c1-18-28(31(35)40-23-7-5-4-6-8-23)29(19-9-12-22(13-10-19)33(36)37)30-24(32-18)15-21(16-25(30)34)20-11-14-26(38-2)27(17-20)39-3/h9-14,17,21,23,29,32H,4-8,15-16H2,1-3H3/t21-,29-/m0/s1. The molecule has 1 saturated carbocycles. The topological polar surface area (TPSA) is 117 Å². The number of nitrogens with zero attached hydrogens (tertiary/aromatic N) is 1. The Kier molecular flexibility index (Phi) is 7.91. The Bertz CT molecular complexity index is 1390. The van der Waals surface area contributed by atoms with Crippen LogP contribution in [-0.4, -0.2) is 37.0 Å². The Balaban J connectivity index is 1.52. The fraction of sp³-hybridized carbons (Fsp3) is 0.419. The number of ether oxygens (including phenoxy) is 3. The second kappa shape index (κ2) is 11.5. The van der Waals surface area contributed by atoms with E-state index in [4.69, 9.17) is 14.2 Å². The molecule has 2 aromatic carbocycles. The number of non-ortho nitro benzene ring substituents is 1. The first-order chi connectivity index (χ1) is 19.3. The molecular weight excluding hydrogens is 512 g/mol. The lowest BCUT2D eigenvalue weighted by Gasteiger charge is -2.37. The van der Waals surface area contributed by atoms with E-state index in [0.717, 1.165) is 43.4 Å². The van der Waals surface area contributed by atoms with Gasteiger partial charge in [-0.3, -0.25) is 14.9 Å². The summed E-state index contributed by atoms with van der Waals surface area (Å²) < 4.78 is 16.8. The minimum Gasteiger partial charge on any atom is -0.493 e. The third-order valence-corrected chi connectivity index (χ3v) is 8.19. The van der Waals surface area contributed by atoms with Gasteiger partial charge in [0, 0.05) is 41.4 Å². The van der Waals surface area contributed by atoms with E-state index in [1.54, 1.807) is 26.4 Å². The lowest BCUT2D eigenvalue weighted by Crippen LogP contribution is -2.37. The Morgan fingerprint density at radius 1 is 0.950 bits per heavy atom. The van der Waals surface area contributed by atoms with Crippen molar-refractivity contribution in [3.8, 4) is 11.5 Å². The molecule has 210 valence electrons. The molecule has 3 aliphatic rings. The molecule has 9 heteroatoms. The van der Waals surface area contributed by atoms with Gasteiger partial charge in [0.15, 0.2) is 17.3 Å². The van der Waals surface area contributed by atoms with Crippen molar-refractivity contribution in [3.05, 3.63) is 86.2 Å². The van der Waals surface area contributed by atoms with Gasteiger partial charge < -0.3 is 19.5 Å². The van der Waals surface area contributed by atoms with Crippen LogP contribution in [-0.2, 0) is 14.3 Å². The molecule has 2 atom stereocenters. The zero-order valence-corrected chi connectivity index (χ0v) is 23.0. The molecule has 9 nitrogen and oxygen atoms in total. The number of carbonyl (C=O) groups is 2. The molecule has 2 aromatic rings. The van der Waals surface area contributed by atoms with Gasteiger partial charge in [-0.2, -0.15) is 0 Å². The van der Waals surface area contributed by atoms with E-state index in [0.29, 0.717) is 40.3 Å². The molecule has 0 bridgehead atoms. The monoisotopic (exact) mass is 546 g/mol. The summed E-state index contributed by atoms with van der Waals surface area (Å²) in [7, 11) is 3.16. The number of methoxy groups -OCH3 is 2. The van der Waals surface area contributed by atoms with Crippen molar-refractivity contribution < 1.29 is 28.7 Å². The van der Waals surface area contributed by atoms with E-state index in [1.165, 1.54) is 12.1 Å². The molecule has 1 aliphatic heterocycles. The van der Waals surface area contributed by atoms with E-state index in [2.05, 4.69) is 5.32 Å². The van der Waals surface area contributed by atoms with Crippen molar-refractivity contribution in [2.24, 2.45) is 0 Å². The maximum absolute atomic E-state index is 13.9. The first-order valence-corrected chi connectivity index (χ1v) is 13.7. The minimum atomic E-state index is -0.674. The Morgan fingerprint density at radius 2 is 1.62 bits per heavy atom. The number of ketones is 1. The number of benzene rings is 2. The molecule has 0 unspecified atom stereocenters. The third-order valence-electron chi connectivity index (χ3n) is 8.19. The molecular formula is C31H34N2O7. The van der Waals surface area contributed by atoms with Crippen LogP contribution in [0.2, 0.25) is 0 Å². The molecule has 0 radical (unpaired) electrons. The molecule has 1 fully saturated rings. The molecule has 0 amide bonds. The number of allylic oxidation sites excluding steroid dienone is 3. The van der Waals surface area contributed by atoms with Crippen LogP contribution in [0.25, 0.3) is 0 Å². The summed E-state index contributed by atoms with van der Waals surface area (Å²) in [5.74, 6) is -0.0841. The SMILES string of the molecule is COc1ccc([C@@H]2CC(=O)C3=C(C2)NC(C)=C(C(=O)OC2CCCCC2)[C@@H]3c2ccc([N+](=O)[O-])cc2)cc1OC. The Morgan fingerprint density at radius 3 is 2.27 bits per heavy atom. The van der Waals surface area contributed by atoms with Crippen LogP contribution in [0.3, 0.4) is 0 Å². The van der Waals surface area contributed by atoms with Gasteiger partial charge in [0.25, 0.3) is 5.69 Å². The van der Waals surface area contributed by atoms with Gasteiger partial charge in [0.2, 0.25) is 0 Å². The fourth-order valence-electron chi connectivity index (χ4n) is 6.17. The maximum Gasteiger partial charge on any atom is 0.337 e. The summed E-state index contributed by atoms with van der Waals surface area (Å²) in [5.41, 5.74) is 3.84. The van der Waals surface area contributed by atoms with Crippen LogP contribution in [0.5, 0.6) is 11.5 Å². The van der Waals surface area contributed by atoms with Crippen LogP contribution in [0.4, 0.5) is 5.69 Å². The summed E-state index contributed by atoms with van der Waals surface area (Å²) in [4.78, 5) is 38.4. The normalized spacial score (nSPS) is 21.4. The van der Waals surface area contributed by atoms with Gasteiger partial charge in [0.05, 0.1) is 24.7 Å². The number of nitrogens with one attached hydrogen (secondary N) is 1. The number of esters is 1. The average Bonchev–Trinajstić information content (AvgIpc) is 2.96. The van der Waals surface area contributed by atoms with Crippen molar-refractivity contribution >= 4 is 17.4 Å². The van der Waals surface area contributed by atoms with Crippen LogP contribution >= 0.6 is 0 Å². The van der Waals surface area contributed by atoms with E-state index in [1.807, 2.05) is 25.1 Å². The molecule has 0 aromatic heterocycles. The number of hydrogen-bond acceptors (Lipinski definition) is 8. The van der Waals surface area contributed by atoms with Crippen LogP contribution in [0, 0.1) is 10.1 Å². The number of Topliss-reactive ketones (excluding diaryl/α,β-unsaturated/α-hetero) is 1. The highest BCUT2D eigenvalue weighted by Crippen LogP contribution is 2.47. The van der Waals surface area contributed by atoms with Gasteiger partial charge in [-0.05, 0) is 68.2 Å². The van der Waals surface area contributed by atoms with E-state index < -0.39 is 16.8 Å². The van der Waals surface area contributed by atoms with Crippen LogP contribution in [0.1, 0.15) is 74.8 Å². The Hall–Kier alpha value is -4.14. The maximum atomic E-state index is 13.9. The van der Waals surface area contributed by atoms with E-state index in [-0.39, 0.29) is 29.9 Å². The minimum absolute atomic E-state index is 0.0533. The highest BCUT2D eigenvalue weighted by molar-refractivity contribution is 6.04. The molecule has 5 rings (SSSR count). The predicted octanol–water partition coefficient (Wildman–Crippen LogP) is 5.85. The summed E-state index contributed by atoms with van der Waals surface area (Å²) in [6.45, 7) is 1.82. The summed E-state index contributed by atoms with van der Waals surface area (Å²) >= 11 is 0. The third kappa shape index (κ3) is 5.33. The van der Waals surface area contributed by atoms with Crippen molar-refractivity contribution in [1.82, 2.24) is 5.32 Å². The highest BCUT2D eigenvalue weighted by atomic mass is 16.6. The quantitative estimate of drug-likeness (QED) is 0.261. The average molecular weight is 547 g/mol. The number of hydrogen-bond donors (Lipinski definition) is 1. The Labute approximate surface area is 233 Å². The lowest BCUT2D eigenvalue weighted by atomic mass is 9.71. The van der Waals surface area contributed by atoms with Gasteiger partial charge in [0.1, 0.15) is 6.10 Å². The smallest absolute Gasteiger partial charge is 0.337 e. The van der Waals surface area contributed by atoms with Crippen molar-refractivity contribution in [2.75, 3.05) is 14.2 Å². The highest BCUT2D eigenvalue weighted by Gasteiger charge is 2.42. The van der Waals surface area contributed by atoms with Crippen LogP contribution < -0.4 is 14.8 Å². The number of nitro groups is 1. The van der Waals surface area contributed by atoms with Gasteiger partial charge in [-0.15, -0.1) is 0 Å². The number of rotatable bonds is 7. The predicted molar refractivity (Wildman–Crippen MR) is 148 cm³/mol. The first-order valence-electron chi connectivity index (χ1n) is 13.7. The zero-order valence-electron chi connectivity index (χ0n) is 23.0. The van der Waals surface area contributed by atoms with Crippen LogP contribution in [0.15, 0.2) is 65.0 Å². The summed E-state index contributed by atoms with van der Waals surface area (Å²) in [6, 6.07) is 11.8. The second-order valence-corrected chi connectivity index (χ2v) is 10.6. The van der Waals surface area contributed by atoms with Crippen molar-refractivity contribution in [1.29, 1.82) is 0 Å². The first kappa shape index (κ1) is 27.4. The molecule has 1 heterocycles. The van der Waals surface area contributed by atoms with Gasteiger partial charge in [-0.1, -0.05) is 24.6 Å². The molecule has 0 spiro atoms. The largest absolute Gasteiger partial charge is 0.493 e. The van der Waals surface area contributed by atoms with Crippen molar-refractivity contribution in [3.63, 3.8) is 0 Å². The zero-order chi connectivity index (χ0) is 28.4. The number of dihydropyridines is 1. The number of nitro benzene ring substituents is 1. The molecule has 1 N–H and O–H groups in total.